The zero-order valence-electron chi connectivity index (χ0n) is 23.1. The number of nitrogens with one attached hydrogen (secondary N) is 1. The Morgan fingerprint density at radius 2 is 1.74 bits per heavy atom. The Morgan fingerprint density at radius 1 is 1.13 bits per heavy atom. The van der Waals surface area contributed by atoms with Crippen molar-refractivity contribution in [1.29, 1.82) is 0 Å². The van der Waals surface area contributed by atoms with Crippen molar-refractivity contribution in [2.75, 3.05) is 26.7 Å². The molecule has 2 N–H and O–H groups in total. The number of piperidine rings is 1. The lowest BCUT2D eigenvalue weighted by Gasteiger charge is -2.40. The van der Waals surface area contributed by atoms with Crippen molar-refractivity contribution in [3.8, 4) is 0 Å². The maximum Gasteiger partial charge on any atom is 0.253 e. The summed E-state index contributed by atoms with van der Waals surface area (Å²) in [6.07, 6.45) is 9.67. The van der Waals surface area contributed by atoms with Crippen molar-refractivity contribution in [2.24, 2.45) is 17.3 Å². The standard InChI is InChI=1S/C28H43N5O5/c1-28(2,3)24(30-25(35)22(18-33(38)19-34)17-20-7-5-6-8-20)27(37)31(4)23-11-15-32(16-12-23)26(36)21-9-13-29-14-10-21/h9-10,13-14,19-20,22-24,38H,5-8,11-12,15-18H2,1-4H3,(H,30,35)/t22-,24-/m1/s1. The van der Waals surface area contributed by atoms with Crippen molar-refractivity contribution in [3.05, 3.63) is 30.1 Å². The molecule has 1 aromatic rings. The van der Waals surface area contributed by atoms with E-state index in [1.807, 2.05) is 20.8 Å². The van der Waals surface area contributed by atoms with E-state index in [0.29, 0.717) is 55.3 Å². The molecule has 1 saturated heterocycles. The second-order valence-corrected chi connectivity index (χ2v) is 11.8. The number of hydroxylamine groups is 2. The molecule has 10 heteroatoms. The Bertz CT molecular complexity index is 952. The third kappa shape index (κ3) is 7.75. The van der Waals surface area contributed by atoms with Crippen molar-refractivity contribution >= 4 is 24.1 Å². The number of hydrogen-bond acceptors (Lipinski definition) is 6. The van der Waals surface area contributed by atoms with Crippen LogP contribution < -0.4 is 5.32 Å². The number of carbonyl (C=O) groups is 4. The highest BCUT2D eigenvalue weighted by Crippen LogP contribution is 2.31. The average Bonchev–Trinajstić information content (AvgIpc) is 3.43. The Morgan fingerprint density at radius 3 is 2.29 bits per heavy atom. The Kier molecular flexibility index (Phi) is 10.2. The largest absolute Gasteiger partial charge is 0.344 e. The number of likely N-dealkylation sites (tertiary alicyclic amines) is 1. The molecule has 2 heterocycles. The molecule has 10 nitrogen and oxygen atoms in total. The molecular weight excluding hydrogens is 486 g/mol. The van der Waals surface area contributed by atoms with Crippen LogP contribution in [0.15, 0.2) is 24.5 Å². The van der Waals surface area contributed by atoms with E-state index in [2.05, 4.69) is 10.3 Å². The molecule has 1 aliphatic carbocycles. The number of likely N-dealkylation sites (N-methyl/N-ethyl adjacent to an activating group) is 1. The molecule has 0 unspecified atom stereocenters. The number of hydrogen-bond donors (Lipinski definition) is 2. The zero-order valence-corrected chi connectivity index (χ0v) is 23.1. The third-order valence-corrected chi connectivity index (χ3v) is 7.97. The number of rotatable bonds is 10. The van der Waals surface area contributed by atoms with Gasteiger partial charge in [-0.2, -0.15) is 0 Å². The van der Waals surface area contributed by atoms with Gasteiger partial charge >= 0.3 is 0 Å². The van der Waals surface area contributed by atoms with Gasteiger partial charge in [-0.25, -0.2) is 5.06 Å². The minimum atomic E-state index is -0.772. The highest BCUT2D eigenvalue weighted by molar-refractivity contribution is 5.94. The van der Waals surface area contributed by atoms with Crippen molar-refractivity contribution in [3.63, 3.8) is 0 Å². The molecule has 1 aliphatic heterocycles. The summed E-state index contributed by atoms with van der Waals surface area (Å²) >= 11 is 0. The van der Waals surface area contributed by atoms with Gasteiger partial charge in [-0.15, -0.1) is 0 Å². The second kappa shape index (κ2) is 13.2. The Balaban J connectivity index is 1.64. The van der Waals surface area contributed by atoms with Gasteiger partial charge in [-0.1, -0.05) is 46.5 Å². The van der Waals surface area contributed by atoms with E-state index >= 15 is 0 Å². The van der Waals surface area contributed by atoms with Crippen LogP contribution in [0.5, 0.6) is 0 Å². The fraction of sp³-hybridized carbons (Fsp3) is 0.679. The van der Waals surface area contributed by atoms with E-state index in [-0.39, 0.29) is 30.3 Å². The summed E-state index contributed by atoms with van der Waals surface area (Å²) in [5.41, 5.74) is 0.0436. The lowest BCUT2D eigenvalue weighted by molar-refractivity contribution is -0.156. The molecule has 38 heavy (non-hydrogen) atoms. The Hall–Kier alpha value is -3.01. The van der Waals surface area contributed by atoms with Gasteiger partial charge < -0.3 is 15.1 Å². The smallest absolute Gasteiger partial charge is 0.253 e. The van der Waals surface area contributed by atoms with Crippen molar-refractivity contribution in [2.45, 2.75) is 77.8 Å². The monoisotopic (exact) mass is 529 g/mol. The van der Waals surface area contributed by atoms with Gasteiger partial charge in [0.15, 0.2) is 0 Å². The van der Waals surface area contributed by atoms with Crippen LogP contribution in [-0.4, -0.2) is 88.0 Å². The summed E-state index contributed by atoms with van der Waals surface area (Å²) < 4.78 is 0. The molecule has 2 fully saturated rings. The minimum Gasteiger partial charge on any atom is -0.344 e. The molecule has 0 bridgehead atoms. The van der Waals surface area contributed by atoms with Crippen LogP contribution in [0.1, 0.15) is 76.1 Å². The summed E-state index contributed by atoms with van der Waals surface area (Å²) in [5, 5.41) is 13.3. The van der Waals surface area contributed by atoms with E-state index in [9.17, 15) is 24.4 Å². The maximum absolute atomic E-state index is 13.7. The first-order valence-corrected chi connectivity index (χ1v) is 13.7. The molecule has 2 atom stereocenters. The van der Waals surface area contributed by atoms with Crippen LogP contribution >= 0.6 is 0 Å². The molecule has 210 valence electrons. The quantitative estimate of drug-likeness (QED) is 0.273. The van der Waals surface area contributed by atoms with E-state index in [1.54, 1.807) is 41.4 Å². The van der Waals surface area contributed by atoms with Crippen LogP contribution in [0.4, 0.5) is 0 Å². The van der Waals surface area contributed by atoms with Crippen LogP contribution in [-0.2, 0) is 14.4 Å². The number of aromatic nitrogens is 1. The molecule has 1 saturated carbocycles. The van der Waals surface area contributed by atoms with Gasteiger partial charge in [0.1, 0.15) is 6.04 Å². The molecule has 4 amide bonds. The number of amides is 4. The summed E-state index contributed by atoms with van der Waals surface area (Å²) in [6, 6.07) is 2.58. The van der Waals surface area contributed by atoms with Crippen LogP contribution in [0.3, 0.4) is 0 Å². The number of nitrogens with zero attached hydrogens (tertiary/aromatic N) is 4. The number of pyridine rings is 1. The van der Waals surface area contributed by atoms with Gasteiger partial charge in [0.25, 0.3) is 5.91 Å². The van der Waals surface area contributed by atoms with E-state index in [1.165, 1.54) is 0 Å². The van der Waals surface area contributed by atoms with E-state index in [4.69, 9.17) is 0 Å². The molecular formula is C28H43N5O5. The molecule has 0 radical (unpaired) electrons. The zero-order chi connectivity index (χ0) is 27.9. The molecule has 0 spiro atoms. The molecule has 1 aromatic heterocycles. The maximum atomic E-state index is 13.7. The predicted molar refractivity (Wildman–Crippen MR) is 142 cm³/mol. The van der Waals surface area contributed by atoms with Gasteiger partial charge in [0.2, 0.25) is 18.2 Å². The summed E-state index contributed by atoms with van der Waals surface area (Å²) in [5.74, 6) is -0.768. The van der Waals surface area contributed by atoms with Gasteiger partial charge in [0.05, 0.1) is 12.5 Å². The average molecular weight is 530 g/mol. The highest BCUT2D eigenvalue weighted by atomic mass is 16.5. The first-order chi connectivity index (χ1) is 18.0. The molecule has 2 aliphatic rings. The van der Waals surface area contributed by atoms with E-state index < -0.39 is 17.4 Å². The van der Waals surface area contributed by atoms with Crippen molar-refractivity contribution < 1.29 is 24.4 Å². The lowest BCUT2D eigenvalue weighted by Crippen LogP contribution is -2.58. The topological polar surface area (TPSA) is 123 Å². The van der Waals surface area contributed by atoms with Crippen LogP contribution in [0.25, 0.3) is 0 Å². The first-order valence-electron chi connectivity index (χ1n) is 13.7. The summed E-state index contributed by atoms with van der Waals surface area (Å²) in [4.78, 5) is 58.4. The van der Waals surface area contributed by atoms with Crippen LogP contribution in [0, 0.1) is 17.3 Å². The van der Waals surface area contributed by atoms with Gasteiger partial charge in [0, 0.05) is 44.1 Å². The minimum absolute atomic E-state index is 0.0405. The lowest BCUT2D eigenvalue weighted by atomic mass is 9.84. The second-order valence-electron chi connectivity index (χ2n) is 11.8. The molecule has 3 rings (SSSR count). The first kappa shape index (κ1) is 29.5. The van der Waals surface area contributed by atoms with E-state index in [0.717, 1.165) is 25.7 Å². The van der Waals surface area contributed by atoms with Crippen molar-refractivity contribution in [1.82, 2.24) is 25.2 Å². The highest BCUT2D eigenvalue weighted by Gasteiger charge is 2.39. The third-order valence-electron chi connectivity index (χ3n) is 7.97. The fourth-order valence-electron chi connectivity index (χ4n) is 5.61. The van der Waals surface area contributed by atoms with Crippen LogP contribution in [0.2, 0.25) is 0 Å². The number of carbonyl (C=O) groups excluding carboxylic acids is 4. The van der Waals surface area contributed by atoms with Gasteiger partial charge in [-0.3, -0.25) is 29.4 Å². The fourth-order valence-corrected chi connectivity index (χ4v) is 5.61. The molecule has 0 aromatic carbocycles. The Labute approximate surface area is 225 Å². The normalized spacial score (nSPS) is 18.5. The van der Waals surface area contributed by atoms with Gasteiger partial charge in [-0.05, 0) is 42.7 Å². The summed E-state index contributed by atoms with van der Waals surface area (Å²) in [6.45, 7) is 6.71. The summed E-state index contributed by atoms with van der Waals surface area (Å²) in [7, 11) is 1.76. The SMILES string of the molecule is CN(C(=O)[C@@H](NC(=O)[C@H](CC1CCCC1)CN(O)C=O)C(C)(C)C)C1CCN(C(=O)c2ccncc2)CC1. The predicted octanol–water partition coefficient (Wildman–Crippen LogP) is 2.72.